The maximum atomic E-state index is 12.2. The first-order valence-corrected chi connectivity index (χ1v) is 6.47. The van der Waals surface area contributed by atoms with Crippen LogP contribution in [0.3, 0.4) is 0 Å². The molecule has 0 saturated heterocycles. The molecule has 2 rings (SSSR count). The molecule has 1 saturated carbocycles. The Labute approximate surface area is 112 Å². The molecular weight excluding hydrogens is 240 g/mol. The van der Waals surface area contributed by atoms with E-state index in [1.165, 1.54) is 17.8 Å². The van der Waals surface area contributed by atoms with E-state index in [9.17, 15) is 9.59 Å². The summed E-state index contributed by atoms with van der Waals surface area (Å²) in [5.74, 6) is 0.103. The summed E-state index contributed by atoms with van der Waals surface area (Å²) in [4.78, 5) is 26.6. The summed E-state index contributed by atoms with van der Waals surface area (Å²) < 4.78 is 0. The summed E-state index contributed by atoms with van der Waals surface area (Å²) >= 11 is 0. The van der Waals surface area contributed by atoms with Crippen LogP contribution in [0.4, 0.5) is 5.69 Å². The van der Waals surface area contributed by atoms with Crippen LogP contribution in [0.1, 0.15) is 27.7 Å². The van der Waals surface area contributed by atoms with Crippen molar-refractivity contribution < 1.29 is 4.79 Å². The van der Waals surface area contributed by atoms with E-state index < -0.39 is 0 Å². The molecule has 102 valence electrons. The zero-order chi connectivity index (χ0) is 14.2. The summed E-state index contributed by atoms with van der Waals surface area (Å²) in [5, 5.41) is 2.72. The topological polar surface area (TPSA) is 62.0 Å². The molecule has 1 fully saturated rings. The monoisotopic (exact) mass is 260 g/mol. The Morgan fingerprint density at radius 1 is 1.42 bits per heavy atom. The number of aromatic nitrogens is 1. The van der Waals surface area contributed by atoms with Crippen molar-refractivity contribution in [2.75, 3.05) is 5.32 Å². The number of carbonyl (C=O) groups is 1. The van der Waals surface area contributed by atoms with Crippen molar-refractivity contribution in [3.8, 4) is 0 Å². The second kappa shape index (κ2) is 4.68. The van der Waals surface area contributed by atoms with Crippen LogP contribution in [0.15, 0.2) is 34.9 Å². The van der Waals surface area contributed by atoms with Crippen molar-refractivity contribution in [1.82, 2.24) is 4.98 Å². The lowest BCUT2D eigenvalue weighted by Gasteiger charge is -2.04. The molecule has 1 heterocycles. The predicted molar refractivity (Wildman–Crippen MR) is 75.9 cm³/mol. The van der Waals surface area contributed by atoms with Crippen molar-refractivity contribution in [3.63, 3.8) is 0 Å². The molecular formula is C15H20N2O2. The molecule has 0 spiro atoms. The van der Waals surface area contributed by atoms with E-state index in [-0.39, 0.29) is 28.6 Å². The van der Waals surface area contributed by atoms with E-state index in [0.29, 0.717) is 5.69 Å². The molecule has 1 amide bonds. The summed E-state index contributed by atoms with van der Waals surface area (Å²) in [6.07, 6.45) is 5.20. The molecule has 1 aliphatic carbocycles. The van der Waals surface area contributed by atoms with Crippen LogP contribution in [0.2, 0.25) is 0 Å². The molecule has 19 heavy (non-hydrogen) atoms. The number of nitrogens with one attached hydrogen (secondary N) is 2. The average Bonchev–Trinajstić information content (AvgIpc) is 2.82. The maximum absolute atomic E-state index is 12.2. The summed E-state index contributed by atoms with van der Waals surface area (Å²) in [6, 6.07) is 1.40. The Bertz CT molecular complexity index is 580. The number of anilines is 1. The molecule has 1 aliphatic rings. The molecule has 0 radical (unpaired) electrons. The Kier molecular flexibility index (Phi) is 3.35. The molecule has 4 heteroatoms. The van der Waals surface area contributed by atoms with Crippen LogP contribution in [0.5, 0.6) is 0 Å². The quantitative estimate of drug-likeness (QED) is 0.820. The second-order valence-corrected chi connectivity index (χ2v) is 5.98. The number of rotatable bonds is 3. The highest BCUT2D eigenvalue weighted by molar-refractivity contribution is 5.95. The molecule has 0 unspecified atom stereocenters. The molecule has 2 atom stereocenters. The molecule has 4 nitrogen and oxygen atoms in total. The van der Waals surface area contributed by atoms with E-state index in [1.54, 1.807) is 6.20 Å². The molecule has 1 aromatic rings. The maximum Gasteiger partial charge on any atom is 0.228 e. The first-order valence-electron chi connectivity index (χ1n) is 6.47. The Morgan fingerprint density at radius 3 is 2.68 bits per heavy atom. The number of amides is 1. The van der Waals surface area contributed by atoms with Crippen LogP contribution in [-0.4, -0.2) is 10.9 Å². The van der Waals surface area contributed by atoms with Crippen LogP contribution < -0.4 is 10.7 Å². The molecule has 1 aromatic heterocycles. The lowest BCUT2D eigenvalue weighted by atomic mass is 10.1. The highest BCUT2D eigenvalue weighted by atomic mass is 16.2. The number of aromatic amines is 1. The van der Waals surface area contributed by atoms with Crippen LogP contribution in [0.25, 0.3) is 0 Å². The lowest BCUT2D eigenvalue weighted by molar-refractivity contribution is -0.118. The molecule has 0 aliphatic heterocycles. The Balaban J connectivity index is 2.13. The van der Waals surface area contributed by atoms with Gasteiger partial charge in [0.2, 0.25) is 11.3 Å². The van der Waals surface area contributed by atoms with Gasteiger partial charge in [-0.3, -0.25) is 9.59 Å². The van der Waals surface area contributed by atoms with E-state index in [0.717, 1.165) is 0 Å². The second-order valence-electron chi connectivity index (χ2n) is 5.98. The van der Waals surface area contributed by atoms with Crippen LogP contribution in [0, 0.1) is 17.3 Å². The van der Waals surface area contributed by atoms with E-state index >= 15 is 0 Å². The smallest absolute Gasteiger partial charge is 0.228 e. The largest absolute Gasteiger partial charge is 0.366 e. The van der Waals surface area contributed by atoms with Gasteiger partial charge in [-0.1, -0.05) is 25.5 Å². The van der Waals surface area contributed by atoms with Gasteiger partial charge in [0.1, 0.15) is 5.69 Å². The van der Waals surface area contributed by atoms with Crippen molar-refractivity contribution in [3.05, 3.63) is 40.3 Å². The van der Waals surface area contributed by atoms with Gasteiger partial charge < -0.3 is 10.3 Å². The van der Waals surface area contributed by atoms with Gasteiger partial charge in [-0.25, -0.2) is 0 Å². The highest BCUT2D eigenvalue weighted by Crippen LogP contribution is 2.59. The molecule has 2 N–H and O–H groups in total. The highest BCUT2D eigenvalue weighted by Gasteiger charge is 2.60. The number of allylic oxidation sites excluding steroid dienone is 2. The van der Waals surface area contributed by atoms with Crippen molar-refractivity contribution >= 4 is 11.6 Å². The lowest BCUT2D eigenvalue weighted by Crippen LogP contribution is -2.21. The molecule has 0 aromatic carbocycles. The van der Waals surface area contributed by atoms with Gasteiger partial charge in [-0.15, -0.1) is 0 Å². The fraction of sp³-hybridized carbons (Fsp3) is 0.467. The zero-order valence-corrected chi connectivity index (χ0v) is 11.8. The van der Waals surface area contributed by atoms with Crippen LogP contribution in [-0.2, 0) is 4.79 Å². The van der Waals surface area contributed by atoms with Crippen LogP contribution >= 0.6 is 0 Å². The third-order valence-corrected chi connectivity index (χ3v) is 3.79. The van der Waals surface area contributed by atoms with Crippen molar-refractivity contribution in [1.29, 1.82) is 0 Å². The number of hydrogen-bond donors (Lipinski definition) is 2. The predicted octanol–water partition coefficient (Wildman–Crippen LogP) is 2.55. The summed E-state index contributed by atoms with van der Waals surface area (Å²) in [6.45, 7) is 8.23. The van der Waals surface area contributed by atoms with Gasteiger partial charge >= 0.3 is 0 Å². The first kappa shape index (κ1) is 13.6. The number of pyridine rings is 1. The fourth-order valence-corrected chi connectivity index (χ4v) is 2.57. The standard InChI is InChI=1S/C15H20N2O2/c1-9(2)7-10-13(15(10,3)4)14(19)17-11-8-16-6-5-12(11)18/h5-8,10,13H,1-4H3,(H,16,18)(H,17,19)/t10-,13+/m0/s1. The zero-order valence-electron chi connectivity index (χ0n) is 11.8. The van der Waals surface area contributed by atoms with E-state index in [1.807, 2.05) is 13.8 Å². The van der Waals surface area contributed by atoms with Crippen molar-refractivity contribution in [2.45, 2.75) is 27.7 Å². The SMILES string of the molecule is CC(C)=C[C@H]1[C@H](C(=O)Nc2c[nH]ccc2=O)C1(C)C. The van der Waals surface area contributed by atoms with Gasteiger partial charge in [-0.2, -0.15) is 0 Å². The summed E-state index contributed by atoms with van der Waals surface area (Å²) in [5.41, 5.74) is 1.31. The number of H-pyrrole nitrogens is 1. The molecule has 0 bridgehead atoms. The van der Waals surface area contributed by atoms with E-state index in [4.69, 9.17) is 0 Å². The minimum absolute atomic E-state index is 0.0388. The Hall–Kier alpha value is -1.84. The third kappa shape index (κ3) is 2.62. The average molecular weight is 260 g/mol. The summed E-state index contributed by atoms with van der Waals surface area (Å²) in [7, 11) is 0. The Morgan fingerprint density at radius 2 is 2.11 bits per heavy atom. The minimum atomic E-state index is -0.177. The third-order valence-electron chi connectivity index (χ3n) is 3.79. The number of carbonyl (C=O) groups excluding carboxylic acids is 1. The normalized spacial score (nSPS) is 23.6. The van der Waals surface area contributed by atoms with E-state index in [2.05, 4.69) is 30.2 Å². The van der Waals surface area contributed by atoms with Gasteiger partial charge in [0.15, 0.2) is 0 Å². The van der Waals surface area contributed by atoms with Gasteiger partial charge in [-0.05, 0) is 25.2 Å². The minimum Gasteiger partial charge on any atom is -0.366 e. The van der Waals surface area contributed by atoms with Gasteiger partial charge in [0.05, 0.1) is 5.92 Å². The fourth-order valence-electron chi connectivity index (χ4n) is 2.57. The van der Waals surface area contributed by atoms with Crippen molar-refractivity contribution in [2.24, 2.45) is 17.3 Å². The van der Waals surface area contributed by atoms with Gasteiger partial charge in [0, 0.05) is 18.5 Å². The number of hydrogen-bond acceptors (Lipinski definition) is 2. The van der Waals surface area contributed by atoms with Gasteiger partial charge in [0.25, 0.3) is 0 Å². The first-order chi connectivity index (χ1) is 8.84.